The molecule has 2 aliphatic rings. The van der Waals surface area contributed by atoms with Crippen LogP contribution in [0, 0.1) is 17.2 Å². The molecule has 1 saturated carbocycles. The van der Waals surface area contributed by atoms with E-state index in [1.54, 1.807) is 24.4 Å². The Morgan fingerprint density at radius 1 is 1.21 bits per heavy atom. The minimum absolute atomic E-state index is 0.0297. The van der Waals surface area contributed by atoms with E-state index in [9.17, 15) is 9.59 Å². The molecule has 0 bridgehead atoms. The van der Waals surface area contributed by atoms with Gasteiger partial charge in [-0.3, -0.25) is 4.79 Å². The highest BCUT2D eigenvalue weighted by molar-refractivity contribution is 6.31. The van der Waals surface area contributed by atoms with Crippen molar-refractivity contribution in [1.29, 1.82) is 5.26 Å². The standard InChI is InChI=1S/C24H26ClN5O3/c25-20-11-19(6-3-17(20)12-26)33-18-4-1-16(2-5-18)22-21(13-28-24(29-22)23(27)32)30-9-7-15(14-31)8-10-30/h3,6,11,13-16,18H,1-2,4-5,7-10H2,(H2,27,32). The zero-order chi connectivity index (χ0) is 23.4. The number of ether oxygens (including phenoxy) is 1. The summed E-state index contributed by atoms with van der Waals surface area (Å²) in [5.41, 5.74) is 7.65. The summed E-state index contributed by atoms with van der Waals surface area (Å²) in [5.74, 6) is 0.298. The van der Waals surface area contributed by atoms with Crippen LogP contribution in [-0.2, 0) is 4.79 Å². The lowest BCUT2D eigenvalue weighted by Gasteiger charge is -2.35. The molecular weight excluding hydrogens is 442 g/mol. The second kappa shape index (κ2) is 10.2. The molecule has 8 nitrogen and oxygen atoms in total. The number of hydrogen-bond acceptors (Lipinski definition) is 7. The summed E-state index contributed by atoms with van der Waals surface area (Å²) in [6.45, 7) is 1.52. The number of primary amides is 1. The first-order valence-corrected chi connectivity index (χ1v) is 11.6. The molecule has 1 saturated heterocycles. The van der Waals surface area contributed by atoms with Gasteiger partial charge in [0.15, 0.2) is 0 Å². The average Bonchev–Trinajstić information content (AvgIpc) is 2.84. The molecule has 1 aromatic carbocycles. The number of aromatic nitrogens is 2. The molecule has 1 aliphatic heterocycles. The molecule has 0 atom stereocenters. The fraction of sp³-hybridized carbons (Fsp3) is 0.458. The molecule has 33 heavy (non-hydrogen) atoms. The van der Waals surface area contributed by atoms with E-state index in [0.717, 1.165) is 69.3 Å². The van der Waals surface area contributed by atoms with E-state index in [1.807, 2.05) is 6.07 Å². The third kappa shape index (κ3) is 5.25. The molecule has 0 radical (unpaired) electrons. The van der Waals surface area contributed by atoms with Gasteiger partial charge in [0.25, 0.3) is 5.91 Å². The summed E-state index contributed by atoms with van der Waals surface area (Å²) < 4.78 is 6.11. The van der Waals surface area contributed by atoms with E-state index >= 15 is 0 Å². The molecular formula is C24H26ClN5O3. The van der Waals surface area contributed by atoms with E-state index in [4.69, 9.17) is 27.3 Å². The van der Waals surface area contributed by atoms with Crippen molar-refractivity contribution in [3.05, 3.63) is 46.5 Å². The number of amides is 1. The van der Waals surface area contributed by atoms with Crippen molar-refractivity contribution in [2.45, 2.75) is 50.5 Å². The van der Waals surface area contributed by atoms with Crippen molar-refractivity contribution < 1.29 is 14.3 Å². The highest BCUT2D eigenvalue weighted by Gasteiger charge is 2.30. The van der Waals surface area contributed by atoms with Crippen LogP contribution in [0.15, 0.2) is 24.4 Å². The van der Waals surface area contributed by atoms with Crippen LogP contribution in [0.2, 0.25) is 5.02 Å². The fourth-order valence-electron chi connectivity index (χ4n) is 4.63. The number of rotatable bonds is 6. The quantitative estimate of drug-likeness (QED) is 0.643. The van der Waals surface area contributed by atoms with Gasteiger partial charge < -0.3 is 20.2 Å². The van der Waals surface area contributed by atoms with Gasteiger partial charge in [-0.2, -0.15) is 5.26 Å². The van der Waals surface area contributed by atoms with E-state index in [2.05, 4.69) is 14.9 Å². The maximum Gasteiger partial charge on any atom is 0.286 e. The van der Waals surface area contributed by atoms with Crippen LogP contribution in [0.3, 0.4) is 0 Å². The Labute approximate surface area is 197 Å². The lowest BCUT2D eigenvalue weighted by molar-refractivity contribution is -0.111. The zero-order valence-corrected chi connectivity index (χ0v) is 19.0. The topological polar surface area (TPSA) is 122 Å². The molecule has 2 aromatic rings. The average molecular weight is 468 g/mol. The lowest BCUT2D eigenvalue weighted by atomic mass is 9.84. The van der Waals surface area contributed by atoms with E-state index in [1.165, 1.54) is 0 Å². The van der Waals surface area contributed by atoms with Crippen molar-refractivity contribution >= 4 is 29.5 Å². The summed E-state index contributed by atoms with van der Waals surface area (Å²) in [5, 5.41) is 9.41. The Morgan fingerprint density at radius 3 is 2.55 bits per heavy atom. The van der Waals surface area contributed by atoms with E-state index in [0.29, 0.717) is 16.3 Å². The first-order valence-electron chi connectivity index (χ1n) is 11.2. The number of nitrogens with two attached hydrogens (primary N) is 1. The van der Waals surface area contributed by atoms with Gasteiger partial charge in [0, 0.05) is 31.0 Å². The van der Waals surface area contributed by atoms with Gasteiger partial charge in [-0.05, 0) is 50.7 Å². The SMILES string of the molecule is N#Cc1ccc(OC2CCC(c3nc(C(N)=O)ncc3N3CCC(C=O)CC3)CC2)cc1Cl. The van der Waals surface area contributed by atoms with Gasteiger partial charge in [0.2, 0.25) is 5.82 Å². The van der Waals surface area contributed by atoms with E-state index < -0.39 is 5.91 Å². The number of anilines is 1. The fourth-order valence-corrected chi connectivity index (χ4v) is 4.85. The van der Waals surface area contributed by atoms with Crippen LogP contribution in [0.1, 0.15) is 66.3 Å². The number of carbonyl (C=O) groups is 2. The third-order valence-electron chi connectivity index (χ3n) is 6.52. The molecule has 9 heteroatoms. The molecule has 1 aromatic heterocycles. The number of nitriles is 1. The van der Waals surface area contributed by atoms with Crippen molar-refractivity contribution in [2.75, 3.05) is 18.0 Å². The van der Waals surface area contributed by atoms with Crippen LogP contribution in [0.25, 0.3) is 0 Å². The summed E-state index contributed by atoms with van der Waals surface area (Å²) in [4.78, 5) is 33.8. The number of carbonyl (C=O) groups excluding carboxylic acids is 2. The minimum Gasteiger partial charge on any atom is -0.490 e. The summed E-state index contributed by atoms with van der Waals surface area (Å²) in [7, 11) is 0. The molecule has 1 amide bonds. The summed E-state index contributed by atoms with van der Waals surface area (Å²) in [6.07, 6.45) is 7.72. The summed E-state index contributed by atoms with van der Waals surface area (Å²) >= 11 is 6.12. The molecule has 0 unspecified atom stereocenters. The number of halogens is 1. The Bertz CT molecular complexity index is 1070. The second-order valence-corrected chi connectivity index (χ2v) is 9.04. The second-order valence-electron chi connectivity index (χ2n) is 8.63. The largest absolute Gasteiger partial charge is 0.490 e. The van der Waals surface area contributed by atoms with Crippen molar-refractivity contribution in [3.63, 3.8) is 0 Å². The monoisotopic (exact) mass is 467 g/mol. The highest BCUT2D eigenvalue weighted by Crippen LogP contribution is 2.39. The van der Waals surface area contributed by atoms with Gasteiger partial charge >= 0.3 is 0 Å². The van der Waals surface area contributed by atoms with Gasteiger partial charge in [0.05, 0.1) is 34.3 Å². The maximum absolute atomic E-state index is 11.7. The van der Waals surface area contributed by atoms with Crippen LogP contribution >= 0.6 is 11.6 Å². The normalized spacial score (nSPS) is 21.3. The molecule has 4 rings (SSSR count). The minimum atomic E-state index is -0.642. The predicted molar refractivity (Wildman–Crippen MR) is 123 cm³/mol. The van der Waals surface area contributed by atoms with Crippen LogP contribution < -0.4 is 15.4 Å². The van der Waals surface area contributed by atoms with Crippen molar-refractivity contribution in [3.8, 4) is 11.8 Å². The first kappa shape index (κ1) is 23.0. The van der Waals surface area contributed by atoms with Gasteiger partial charge in [-0.1, -0.05) is 11.6 Å². The number of piperidine rings is 1. The van der Waals surface area contributed by atoms with Crippen LogP contribution in [-0.4, -0.2) is 41.4 Å². The van der Waals surface area contributed by atoms with Gasteiger partial charge in [-0.15, -0.1) is 0 Å². The van der Waals surface area contributed by atoms with Crippen LogP contribution in [0.4, 0.5) is 5.69 Å². The molecule has 2 heterocycles. The molecule has 172 valence electrons. The molecule has 2 fully saturated rings. The van der Waals surface area contributed by atoms with Crippen molar-refractivity contribution in [1.82, 2.24) is 9.97 Å². The van der Waals surface area contributed by atoms with Gasteiger partial charge in [-0.25, -0.2) is 9.97 Å². The highest BCUT2D eigenvalue weighted by atomic mass is 35.5. The Morgan fingerprint density at radius 2 is 1.94 bits per heavy atom. The number of hydrogen-bond donors (Lipinski definition) is 1. The zero-order valence-electron chi connectivity index (χ0n) is 18.2. The molecule has 0 spiro atoms. The predicted octanol–water partition coefficient (Wildman–Crippen LogP) is 3.62. The Balaban J connectivity index is 1.47. The Kier molecular flexibility index (Phi) is 7.09. The smallest absolute Gasteiger partial charge is 0.286 e. The maximum atomic E-state index is 11.7. The number of benzene rings is 1. The number of aldehydes is 1. The third-order valence-corrected chi connectivity index (χ3v) is 6.83. The number of nitrogens with zero attached hydrogens (tertiary/aromatic N) is 4. The van der Waals surface area contributed by atoms with Crippen LogP contribution in [0.5, 0.6) is 5.75 Å². The van der Waals surface area contributed by atoms with Crippen molar-refractivity contribution in [2.24, 2.45) is 11.7 Å². The Hall–Kier alpha value is -3.18. The lowest BCUT2D eigenvalue weighted by Crippen LogP contribution is -2.36. The first-order chi connectivity index (χ1) is 16.0. The molecule has 1 aliphatic carbocycles. The van der Waals surface area contributed by atoms with Gasteiger partial charge in [0.1, 0.15) is 18.1 Å². The van der Waals surface area contributed by atoms with E-state index in [-0.39, 0.29) is 23.8 Å². The molecule has 2 N–H and O–H groups in total. The summed E-state index contributed by atoms with van der Waals surface area (Å²) in [6, 6.07) is 7.15.